The van der Waals surface area contributed by atoms with Crippen molar-refractivity contribution >= 4 is 0 Å². The molecule has 0 radical (unpaired) electrons. The molecular weight excluding hydrogens is 238 g/mol. The molecule has 2 unspecified atom stereocenters. The van der Waals surface area contributed by atoms with Crippen LogP contribution in [0.4, 0.5) is 0 Å². The van der Waals surface area contributed by atoms with E-state index in [2.05, 4.69) is 36.7 Å². The molecule has 2 heterocycles. The first-order chi connectivity index (χ1) is 9.03. The number of nitrogens with zero attached hydrogens (tertiary/aromatic N) is 2. The predicted octanol–water partition coefficient (Wildman–Crippen LogP) is 1.97. The van der Waals surface area contributed by atoms with E-state index in [0.29, 0.717) is 0 Å². The van der Waals surface area contributed by atoms with Crippen molar-refractivity contribution in [3.63, 3.8) is 0 Å². The van der Waals surface area contributed by atoms with Crippen LogP contribution in [-0.4, -0.2) is 41.2 Å². The van der Waals surface area contributed by atoms with Gasteiger partial charge in [0.15, 0.2) is 0 Å². The summed E-state index contributed by atoms with van der Waals surface area (Å²) in [5.74, 6) is 0. The summed E-state index contributed by atoms with van der Waals surface area (Å²) >= 11 is 0. The summed E-state index contributed by atoms with van der Waals surface area (Å²) in [5.41, 5.74) is 7.46. The first-order valence-corrected chi connectivity index (χ1v) is 7.07. The zero-order valence-corrected chi connectivity index (χ0v) is 12.2. The SMILES string of the molecule is CCC(N)C(c1cccnc1)N1CCOC(C)(C)C1. The number of nitrogens with two attached hydrogens (primary N) is 1. The zero-order chi connectivity index (χ0) is 13.9. The molecule has 4 nitrogen and oxygen atoms in total. The van der Waals surface area contributed by atoms with Crippen LogP contribution in [0.3, 0.4) is 0 Å². The minimum Gasteiger partial charge on any atom is -0.373 e. The lowest BCUT2D eigenvalue weighted by Gasteiger charge is -2.44. The Labute approximate surface area is 116 Å². The van der Waals surface area contributed by atoms with Gasteiger partial charge in [-0.3, -0.25) is 9.88 Å². The molecule has 0 spiro atoms. The van der Waals surface area contributed by atoms with E-state index >= 15 is 0 Å². The number of pyridine rings is 1. The standard InChI is InChI=1S/C15H25N3O/c1-4-13(16)14(12-6-5-7-17-10-12)18-8-9-19-15(2,3)11-18/h5-7,10,13-14H,4,8-9,11,16H2,1-3H3. The predicted molar refractivity (Wildman–Crippen MR) is 76.8 cm³/mol. The highest BCUT2D eigenvalue weighted by molar-refractivity contribution is 5.17. The fourth-order valence-corrected chi connectivity index (χ4v) is 2.79. The van der Waals surface area contributed by atoms with Crippen LogP contribution in [0.25, 0.3) is 0 Å². The van der Waals surface area contributed by atoms with Crippen molar-refractivity contribution in [3.8, 4) is 0 Å². The highest BCUT2D eigenvalue weighted by atomic mass is 16.5. The lowest BCUT2D eigenvalue weighted by Crippen LogP contribution is -2.53. The van der Waals surface area contributed by atoms with Gasteiger partial charge in [-0.25, -0.2) is 0 Å². The van der Waals surface area contributed by atoms with Crippen LogP contribution in [0.2, 0.25) is 0 Å². The molecule has 1 aliphatic heterocycles. The smallest absolute Gasteiger partial charge is 0.0753 e. The van der Waals surface area contributed by atoms with Crippen molar-refractivity contribution in [3.05, 3.63) is 30.1 Å². The Morgan fingerprint density at radius 1 is 1.53 bits per heavy atom. The number of aromatic nitrogens is 1. The summed E-state index contributed by atoms with van der Waals surface area (Å²) in [6, 6.07) is 4.45. The van der Waals surface area contributed by atoms with Crippen molar-refractivity contribution in [2.75, 3.05) is 19.7 Å². The van der Waals surface area contributed by atoms with Crippen LogP contribution in [-0.2, 0) is 4.74 Å². The molecule has 2 atom stereocenters. The highest BCUT2D eigenvalue weighted by Gasteiger charge is 2.34. The molecule has 4 heteroatoms. The van der Waals surface area contributed by atoms with Crippen molar-refractivity contribution in [2.45, 2.75) is 44.9 Å². The van der Waals surface area contributed by atoms with Gasteiger partial charge in [0, 0.05) is 31.5 Å². The molecule has 1 aromatic rings. The van der Waals surface area contributed by atoms with Crippen molar-refractivity contribution < 1.29 is 4.74 Å². The molecule has 0 amide bonds. The Bertz CT molecular complexity index is 394. The molecule has 0 aliphatic carbocycles. The maximum atomic E-state index is 6.36. The molecule has 1 saturated heterocycles. The molecule has 0 saturated carbocycles. The van der Waals surface area contributed by atoms with Crippen LogP contribution in [0.15, 0.2) is 24.5 Å². The molecule has 106 valence electrons. The van der Waals surface area contributed by atoms with Gasteiger partial charge in [-0.1, -0.05) is 13.0 Å². The summed E-state index contributed by atoms with van der Waals surface area (Å²) < 4.78 is 5.80. The fourth-order valence-electron chi connectivity index (χ4n) is 2.79. The normalized spacial score (nSPS) is 22.9. The topological polar surface area (TPSA) is 51.4 Å². The minimum atomic E-state index is -0.105. The van der Waals surface area contributed by atoms with Crippen LogP contribution in [0.5, 0.6) is 0 Å². The third-order valence-corrected chi connectivity index (χ3v) is 3.75. The second-order valence-corrected chi connectivity index (χ2v) is 5.88. The Morgan fingerprint density at radius 2 is 2.32 bits per heavy atom. The van der Waals surface area contributed by atoms with E-state index in [-0.39, 0.29) is 17.7 Å². The highest BCUT2D eigenvalue weighted by Crippen LogP contribution is 2.29. The van der Waals surface area contributed by atoms with E-state index in [1.165, 1.54) is 5.56 Å². The van der Waals surface area contributed by atoms with Gasteiger partial charge in [-0.05, 0) is 31.9 Å². The summed E-state index contributed by atoms with van der Waals surface area (Å²) in [4.78, 5) is 6.68. The van der Waals surface area contributed by atoms with Gasteiger partial charge in [0.1, 0.15) is 0 Å². The molecule has 1 aliphatic rings. The molecule has 2 rings (SSSR count). The molecule has 1 fully saturated rings. The summed E-state index contributed by atoms with van der Waals surface area (Å²) in [7, 11) is 0. The molecule has 1 aromatic heterocycles. The Morgan fingerprint density at radius 3 is 2.89 bits per heavy atom. The fraction of sp³-hybridized carbons (Fsp3) is 0.667. The maximum absolute atomic E-state index is 6.36. The van der Waals surface area contributed by atoms with Gasteiger partial charge < -0.3 is 10.5 Å². The average molecular weight is 263 g/mol. The van der Waals surface area contributed by atoms with E-state index in [9.17, 15) is 0 Å². The van der Waals surface area contributed by atoms with Gasteiger partial charge in [-0.15, -0.1) is 0 Å². The van der Waals surface area contributed by atoms with E-state index in [1.807, 2.05) is 12.3 Å². The number of ether oxygens (including phenoxy) is 1. The van der Waals surface area contributed by atoms with E-state index in [4.69, 9.17) is 10.5 Å². The summed E-state index contributed by atoms with van der Waals surface area (Å²) in [6.45, 7) is 9.00. The van der Waals surface area contributed by atoms with Gasteiger partial charge in [0.25, 0.3) is 0 Å². The number of morpholine rings is 1. The third-order valence-electron chi connectivity index (χ3n) is 3.75. The minimum absolute atomic E-state index is 0.105. The number of rotatable bonds is 4. The summed E-state index contributed by atoms with van der Waals surface area (Å²) in [6.07, 6.45) is 4.70. The largest absolute Gasteiger partial charge is 0.373 e. The second kappa shape index (κ2) is 5.99. The van der Waals surface area contributed by atoms with E-state index in [1.54, 1.807) is 6.20 Å². The molecule has 0 aromatic carbocycles. The average Bonchev–Trinajstić information content (AvgIpc) is 2.39. The lowest BCUT2D eigenvalue weighted by atomic mass is 9.95. The Kier molecular flexibility index (Phi) is 4.55. The molecule has 19 heavy (non-hydrogen) atoms. The Hall–Kier alpha value is -0.970. The van der Waals surface area contributed by atoms with Crippen LogP contribution >= 0.6 is 0 Å². The molecular formula is C15H25N3O. The van der Waals surface area contributed by atoms with E-state index < -0.39 is 0 Å². The third kappa shape index (κ3) is 3.53. The second-order valence-electron chi connectivity index (χ2n) is 5.88. The van der Waals surface area contributed by atoms with Crippen LogP contribution < -0.4 is 5.73 Å². The quantitative estimate of drug-likeness (QED) is 0.902. The lowest BCUT2D eigenvalue weighted by molar-refractivity contribution is -0.100. The molecule has 0 bridgehead atoms. The van der Waals surface area contributed by atoms with Gasteiger partial charge >= 0.3 is 0 Å². The zero-order valence-electron chi connectivity index (χ0n) is 12.2. The van der Waals surface area contributed by atoms with Gasteiger partial charge in [0.05, 0.1) is 18.2 Å². The van der Waals surface area contributed by atoms with Crippen molar-refractivity contribution in [1.82, 2.24) is 9.88 Å². The van der Waals surface area contributed by atoms with Gasteiger partial charge in [-0.2, -0.15) is 0 Å². The van der Waals surface area contributed by atoms with Crippen molar-refractivity contribution in [2.24, 2.45) is 5.73 Å². The first-order valence-electron chi connectivity index (χ1n) is 7.07. The number of hydrogen-bond donors (Lipinski definition) is 1. The van der Waals surface area contributed by atoms with Crippen LogP contribution in [0.1, 0.15) is 38.8 Å². The summed E-state index contributed by atoms with van der Waals surface area (Å²) in [5, 5.41) is 0. The molecule has 2 N–H and O–H groups in total. The maximum Gasteiger partial charge on any atom is 0.0753 e. The number of hydrogen-bond acceptors (Lipinski definition) is 4. The monoisotopic (exact) mass is 263 g/mol. The van der Waals surface area contributed by atoms with E-state index in [0.717, 1.165) is 26.1 Å². The Balaban J connectivity index is 2.23. The first kappa shape index (κ1) is 14.4. The van der Waals surface area contributed by atoms with Gasteiger partial charge in [0.2, 0.25) is 0 Å². The van der Waals surface area contributed by atoms with Crippen molar-refractivity contribution in [1.29, 1.82) is 0 Å². The van der Waals surface area contributed by atoms with Crippen LogP contribution in [0, 0.1) is 0 Å².